The zero-order chi connectivity index (χ0) is 15.0. The topological polar surface area (TPSA) is 38.3 Å². The molecule has 0 heterocycles. The van der Waals surface area contributed by atoms with Gasteiger partial charge in [-0.15, -0.1) is 0 Å². The summed E-state index contributed by atoms with van der Waals surface area (Å²) in [4.78, 5) is 11.4. The van der Waals surface area contributed by atoms with Gasteiger partial charge < -0.3 is 10.1 Å². The van der Waals surface area contributed by atoms with E-state index in [1.807, 2.05) is 0 Å². The van der Waals surface area contributed by atoms with Crippen molar-refractivity contribution in [1.82, 2.24) is 5.32 Å². The van der Waals surface area contributed by atoms with Crippen LogP contribution >= 0.6 is 0 Å². The second-order valence-electron chi connectivity index (χ2n) is 5.44. The van der Waals surface area contributed by atoms with Gasteiger partial charge in [-0.05, 0) is 43.0 Å². The van der Waals surface area contributed by atoms with Gasteiger partial charge >= 0.3 is 5.97 Å². The van der Waals surface area contributed by atoms with Crippen molar-refractivity contribution in [2.45, 2.75) is 39.2 Å². The van der Waals surface area contributed by atoms with Gasteiger partial charge in [-0.2, -0.15) is 0 Å². The number of hydrogen-bond donors (Lipinski definition) is 1. The number of rotatable bonds is 8. The van der Waals surface area contributed by atoms with Crippen molar-refractivity contribution in [1.29, 1.82) is 0 Å². The standard InChI is InChI=1S/C16H24FNO2/c1-12(2)8-9-18-15(11-16(19)20-3)10-13-4-6-14(17)7-5-13/h4-7,12,15,18H,8-11H2,1-3H3. The molecule has 1 aromatic rings. The van der Waals surface area contributed by atoms with Crippen molar-refractivity contribution in [3.05, 3.63) is 35.6 Å². The van der Waals surface area contributed by atoms with Gasteiger partial charge in [0.25, 0.3) is 0 Å². The smallest absolute Gasteiger partial charge is 0.307 e. The van der Waals surface area contributed by atoms with E-state index in [0.717, 1.165) is 18.5 Å². The van der Waals surface area contributed by atoms with Gasteiger partial charge in [-0.25, -0.2) is 4.39 Å². The summed E-state index contributed by atoms with van der Waals surface area (Å²) < 4.78 is 17.6. The highest BCUT2D eigenvalue weighted by atomic mass is 19.1. The predicted octanol–water partition coefficient (Wildman–Crippen LogP) is 2.94. The second kappa shape index (κ2) is 8.69. The van der Waals surface area contributed by atoms with Crippen LogP contribution in [-0.2, 0) is 16.0 Å². The third-order valence-electron chi connectivity index (χ3n) is 3.19. The van der Waals surface area contributed by atoms with Crippen LogP contribution in [0.1, 0.15) is 32.3 Å². The highest BCUT2D eigenvalue weighted by molar-refractivity contribution is 5.69. The van der Waals surface area contributed by atoms with Gasteiger partial charge in [0.1, 0.15) is 5.82 Å². The Morgan fingerprint density at radius 3 is 2.50 bits per heavy atom. The zero-order valence-corrected chi connectivity index (χ0v) is 12.5. The van der Waals surface area contributed by atoms with E-state index in [2.05, 4.69) is 19.2 Å². The molecule has 20 heavy (non-hydrogen) atoms. The number of carbonyl (C=O) groups excluding carboxylic acids is 1. The maximum atomic E-state index is 12.9. The molecular weight excluding hydrogens is 257 g/mol. The third-order valence-corrected chi connectivity index (χ3v) is 3.19. The van der Waals surface area contributed by atoms with Crippen LogP contribution < -0.4 is 5.32 Å². The molecule has 0 aromatic heterocycles. The molecule has 1 N–H and O–H groups in total. The maximum absolute atomic E-state index is 12.9. The second-order valence-corrected chi connectivity index (χ2v) is 5.44. The first-order valence-electron chi connectivity index (χ1n) is 7.06. The summed E-state index contributed by atoms with van der Waals surface area (Å²) in [5.41, 5.74) is 1.01. The molecule has 0 radical (unpaired) electrons. The Morgan fingerprint density at radius 1 is 1.30 bits per heavy atom. The van der Waals surface area contributed by atoms with Gasteiger partial charge in [-0.1, -0.05) is 26.0 Å². The van der Waals surface area contributed by atoms with Gasteiger partial charge in [0.05, 0.1) is 13.5 Å². The van der Waals surface area contributed by atoms with E-state index in [9.17, 15) is 9.18 Å². The normalized spacial score (nSPS) is 12.4. The SMILES string of the molecule is COC(=O)CC(Cc1ccc(F)cc1)NCCC(C)C. The van der Waals surface area contributed by atoms with Crippen LogP contribution in [0.3, 0.4) is 0 Å². The molecule has 4 heteroatoms. The minimum atomic E-state index is -0.244. The van der Waals surface area contributed by atoms with Crippen LogP contribution in [0, 0.1) is 11.7 Å². The van der Waals surface area contributed by atoms with Crippen LogP contribution in [0.5, 0.6) is 0 Å². The fraction of sp³-hybridized carbons (Fsp3) is 0.562. The predicted molar refractivity (Wildman–Crippen MR) is 78.0 cm³/mol. The molecule has 0 spiro atoms. The average Bonchev–Trinajstić information content (AvgIpc) is 2.40. The fourth-order valence-electron chi connectivity index (χ4n) is 1.98. The molecular formula is C16H24FNO2. The van der Waals surface area contributed by atoms with Crippen molar-refractivity contribution in [2.75, 3.05) is 13.7 Å². The quantitative estimate of drug-likeness (QED) is 0.745. The summed E-state index contributed by atoms with van der Waals surface area (Å²) in [5, 5.41) is 3.38. The monoisotopic (exact) mass is 281 g/mol. The van der Waals surface area contributed by atoms with Crippen molar-refractivity contribution < 1.29 is 13.9 Å². The van der Waals surface area contributed by atoms with Crippen LogP contribution in [-0.4, -0.2) is 25.7 Å². The van der Waals surface area contributed by atoms with Crippen LogP contribution in [0.2, 0.25) is 0 Å². The lowest BCUT2D eigenvalue weighted by molar-refractivity contribution is -0.141. The Hall–Kier alpha value is -1.42. The van der Waals surface area contributed by atoms with E-state index in [0.29, 0.717) is 18.8 Å². The van der Waals surface area contributed by atoms with Gasteiger partial charge in [0, 0.05) is 6.04 Å². The van der Waals surface area contributed by atoms with Crippen molar-refractivity contribution in [2.24, 2.45) is 5.92 Å². The molecule has 0 saturated heterocycles. The minimum Gasteiger partial charge on any atom is -0.469 e. The fourth-order valence-corrected chi connectivity index (χ4v) is 1.98. The first-order valence-corrected chi connectivity index (χ1v) is 7.06. The van der Waals surface area contributed by atoms with E-state index in [1.54, 1.807) is 12.1 Å². The molecule has 0 aliphatic carbocycles. The molecule has 0 aliphatic rings. The first-order chi connectivity index (χ1) is 9.51. The number of ether oxygens (including phenoxy) is 1. The number of esters is 1. The molecule has 1 unspecified atom stereocenters. The molecule has 1 aromatic carbocycles. The number of benzene rings is 1. The summed E-state index contributed by atoms with van der Waals surface area (Å²) in [5.74, 6) is 0.146. The largest absolute Gasteiger partial charge is 0.469 e. The summed E-state index contributed by atoms with van der Waals surface area (Å²) in [6.07, 6.45) is 2.07. The molecule has 1 rings (SSSR count). The lowest BCUT2D eigenvalue weighted by Gasteiger charge is -2.18. The number of halogens is 1. The molecule has 3 nitrogen and oxygen atoms in total. The zero-order valence-electron chi connectivity index (χ0n) is 12.5. The van der Waals surface area contributed by atoms with Gasteiger partial charge in [0.15, 0.2) is 0 Å². The van der Waals surface area contributed by atoms with Crippen molar-refractivity contribution in [3.8, 4) is 0 Å². The lowest BCUT2D eigenvalue weighted by Crippen LogP contribution is -2.35. The molecule has 0 aliphatic heterocycles. The van der Waals surface area contributed by atoms with Crippen LogP contribution in [0.4, 0.5) is 4.39 Å². The Kier molecular flexibility index (Phi) is 7.23. The van der Waals surface area contributed by atoms with E-state index in [-0.39, 0.29) is 17.8 Å². The molecule has 0 bridgehead atoms. The Balaban J connectivity index is 2.56. The van der Waals surface area contributed by atoms with E-state index in [4.69, 9.17) is 4.74 Å². The molecule has 112 valence electrons. The Labute approximate surface area is 120 Å². The minimum absolute atomic E-state index is 0.0201. The first kappa shape index (κ1) is 16.6. The summed E-state index contributed by atoms with van der Waals surface area (Å²) >= 11 is 0. The van der Waals surface area contributed by atoms with Crippen molar-refractivity contribution in [3.63, 3.8) is 0 Å². The molecule has 0 saturated carbocycles. The Morgan fingerprint density at radius 2 is 1.95 bits per heavy atom. The highest BCUT2D eigenvalue weighted by Crippen LogP contribution is 2.09. The summed E-state index contributed by atoms with van der Waals surface area (Å²) in [6.45, 7) is 5.19. The van der Waals surface area contributed by atoms with Crippen LogP contribution in [0.25, 0.3) is 0 Å². The summed E-state index contributed by atoms with van der Waals surface area (Å²) in [6, 6.07) is 6.41. The van der Waals surface area contributed by atoms with E-state index >= 15 is 0 Å². The number of hydrogen-bond acceptors (Lipinski definition) is 3. The number of carbonyl (C=O) groups is 1. The maximum Gasteiger partial charge on any atom is 0.307 e. The molecule has 0 fully saturated rings. The van der Waals surface area contributed by atoms with Crippen molar-refractivity contribution >= 4 is 5.97 Å². The lowest BCUT2D eigenvalue weighted by atomic mass is 10.0. The average molecular weight is 281 g/mol. The van der Waals surface area contributed by atoms with E-state index < -0.39 is 0 Å². The third kappa shape index (κ3) is 6.66. The van der Waals surface area contributed by atoms with Crippen LogP contribution in [0.15, 0.2) is 24.3 Å². The van der Waals surface area contributed by atoms with E-state index in [1.165, 1.54) is 19.2 Å². The summed E-state index contributed by atoms with van der Waals surface area (Å²) in [7, 11) is 1.39. The highest BCUT2D eigenvalue weighted by Gasteiger charge is 2.14. The molecule has 1 atom stereocenters. The Bertz CT molecular complexity index is 403. The molecule has 0 amide bonds. The number of methoxy groups -OCH3 is 1. The van der Waals surface area contributed by atoms with Gasteiger partial charge in [-0.3, -0.25) is 4.79 Å². The number of nitrogens with one attached hydrogen (secondary N) is 1. The van der Waals surface area contributed by atoms with Gasteiger partial charge in [0.2, 0.25) is 0 Å².